The lowest BCUT2D eigenvalue weighted by Gasteiger charge is -2.30. The van der Waals surface area contributed by atoms with Gasteiger partial charge in [0.05, 0.1) is 13.0 Å². The minimum atomic E-state index is -3.79. The molecule has 0 unspecified atom stereocenters. The number of carboxylic acids is 1. The van der Waals surface area contributed by atoms with Crippen molar-refractivity contribution in [1.29, 1.82) is 0 Å². The largest absolute Gasteiger partial charge is 0.495 e. The van der Waals surface area contributed by atoms with Crippen molar-refractivity contribution >= 4 is 21.9 Å². The number of carbonyl (C=O) groups excluding carboxylic acids is 1. The highest BCUT2D eigenvalue weighted by molar-refractivity contribution is 7.89. The molecule has 142 valence electrons. The van der Waals surface area contributed by atoms with Crippen LogP contribution in [0.4, 0.5) is 0 Å². The number of nitrogens with one attached hydrogen (secondary N) is 1. The van der Waals surface area contributed by atoms with E-state index in [0.717, 1.165) is 12.8 Å². The standard InChI is InChI=1S/C17H22N2O6S/c1-25-14-7-4-11(9-15(14)26(23,24)18-13-5-6-13)16(20)19-8-2-3-12(10-19)17(21)22/h4,7,9,12-13,18H,2-3,5-6,8,10H2,1H3,(H,21,22)/t12-/m0/s1. The number of benzene rings is 1. The van der Waals surface area contributed by atoms with E-state index in [1.165, 1.54) is 30.2 Å². The molecule has 9 heteroatoms. The van der Waals surface area contributed by atoms with Crippen molar-refractivity contribution in [3.63, 3.8) is 0 Å². The van der Waals surface area contributed by atoms with Crippen molar-refractivity contribution in [2.24, 2.45) is 5.92 Å². The summed E-state index contributed by atoms with van der Waals surface area (Å²) in [5.74, 6) is -1.72. The van der Waals surface area contributed by atoms with Crippen molar-refractivity contribution in [1.82, 2.24) is 9.62 Å². The van der Waals surface area contributed by atoms with Gasteiger partial charge in [-0.25, -0.2) is 13.1 Å². The number of amides is 1. The monoisotopic (exact) mass is 382 g/mol. The Balaban J connectivity index is 1.87. The van der Waals surface area contributed by atoms with E-state index >= 15 is 0 Å². The van der Waals surface area contributed by atoms with E-state index in [1.807, 2.05) is 0 Å². The zero-order chi connectivity index (χ0) is 18.9. The van der Waals surface area contributed by atoms with E-state index in [4.69, 9.17) is 4.74 Å². The summed E-state index contributed by atoms with van der Waals surface area (Å²) in [6.45, 7) is 0.583. The number of carboxylic acid groups (broad SMARTS) is 1. The summed E-state index contributed by atoms with van der Waals surface area (Å²) in [5, 5.41) is 9.18. The summed E-state index contributed by atoms with van der Waals surface area (Å²) < 4.78 is 32.8. The molecule has 2 N–H and O–H groups in total. The number of ether oxygens (including phenoxy) is 1. The molecule has 26 heavy (non-hydrogen) atoms. The number of nitrogens with zero attached hydrogens (tertiary/aromatic N) is 1. The van der Waals surface area contributed by atoms with Gasteiger partial charge in [0.2, 0.25) is 10.0 Å². The van der Waals surface area contributed by atoms with Gasteiger partial charge in [-0.05, 0) is 43.9 Å². The van der Waals surface area contributed by atoms with E-state index < -0.39 is 21.9 Å². The highest BCUT2D eigenvalue weighted by atomic mass is 32.2. The molecule has 1 heterocycles. The third-order valence-electron chi connectivity index (χ3n) is 4.66. The normalized spacial score (nSPS) is 20.7. The van der Waals surface area contributed by atoms with Gasteiger partial charge in [0, 0.05) is 24.7 Å². The highest BCUT2D eigenvalue weighted by Crippen LogP contribution is 2.29. The lowest BCUT2D eigenvalue weighted by molar-refractivity contribution is -0.143. The van der Waals surface area contributed by atoms with Crippen LogP contribution in [0.15, 0.2) is 23.1 Å². The van der Waals surface area contributed by atoms with Crippen molar-refractivity contribution in [3.8, 4) is 5.75 Å². The number of aliphatic carboxylic acids is 1. The van der Waals surface area contributed by atoms with Gasteiger partial charge in [-0.15, -0.1) is 0 Å². The summed E-state index contributed by atoms with van der Waals surface area (Å²) in [6.07, 6.45) is 2.73. The van der Waals surface area contributed by atoms with Crippen LogP contribution in [0.25, 0.3) is 0 Å². The quantitative estimate of drug-likeness (QED) is 0.761. The number of methoxy groups -OCH3 is 1. The van der Waals surface area contributed by atoms with Gasteiger partial charge in [-0.1, -0.05) is 0 Å². The fraction of sp³-hybridized carbons (Fsp3) is 0.529. The van der Waals surface area contributed by atoms with Gasteiger partial charge in [0.15, 0.2) is 0 Å². The minimum Gasteiger partial charge on any atom is -0.495 e. The van der Waals surface area contributed by atoms with Crippen LogP contribution in [-0.4, -0.2) is 56.5 Å². The Hall–Kier alpha value is -2.13. The van der Waals surface area contributed by atoms with Crippen molar-refractivity contribution in [2.75, 3.05) is 20.2 Å². The van der Waals surface area contributed by atoms with Crippen molar-refractivity contribution in [2.45, 2.75) is 36.6 Å². The first-order valence-corrected chi connectivity index (χ1v) is 10.0. The van der Waals surface area contributed by atoms with Crippen LogP contribution in [0.1, 0.15) is 36.0 Å². The third-order valence-corrected chi connectivity index (χ3v) is 6.20. The van der Waals surface area contributed by atoms with Crippen LogP contribution >= 0.6 is 0 Å². The molecule has 1 aromatic rings. The second kappa shape index (κ2) is 7.24. The maximum atomic E-state index is 12.8. The predicted octanol–water partition coefficient (Wildman–Crippen LogP) is 1.07. The molecular formula is C17H22N2O6S. The molecule has 0 spiro atoms. The fourth-order valence-corrected chi connectivity index (χ4v) is 4.55. The van der Waals surface area contributed by atoms with E-state index in [1.54, 1.807) is 0 Å². The molecule has 1 aliphatic carbocycles. The van der Waals surface area contributed by atoms with Crippen LogP contribution < -0.4 is 9.46 Å². The van der Waals surface area contributed by atoms with Crippen molar-refractivity contribution in [3.05, 3.63) is 23.8 Å². The molecule has 3 rings (SSSR count). The molecule has 1 aliphatic heterocycles. The molecular weight excluding hydrogens is 360 g/mol. The van der Waals surface area contributed by atoms with Gasteiger partial charge < -0.3 is 14.7 Å². The summed E-state index contributed by atoms with van der Waals surface area (Å²) >= 11 is 0. The molecule has 8 nitrogen and oxygen atoms in total. The smallest absolute Gasteiger partial charge is 0.308 e. The number of hydrogen-bond donors (Lipinski definition) is 2. The van der Waals surface area contributed by atoms with Gasteiger partial charge in [0.25, 0.3) is 5.91 Å². The van der Waals surface area contributed by atoms with E-state index in [0.29, 0.717) is 19.4 Å². The van der Waals surface area contributed by atoms with Crippen LogP contribution in [-0.2, 0) is 14.8 Å². The molecule has 0 radical (unpaired) electrons. The van der Waals surface area contributed by atoms with E-state index in [2.05, 4.69) is 4.72 Å². The van der Waals surface area contributed by atoms with E-state index in [-0.39, 0.29) is 34.7 Å². The first-order valence-electron chi connectivity index (χ1n) is 8.54. The fourth-order valence-electron chi connectivity index (χ4n) is 3.05. The maximum absolute atomic E-state index is 12.8. The first kappa shape index (κ1) is 18.7. The summed E-state index contributed by atoms with van der Waals surface area (Å²) in [6, 6.07) is 4.19. The molecule has 0 bridgehead atoms. The minimum absolute atomic E-state index is 0.0671. The molecule has 1 atom stereocenters. The summed E-state index contributed by atoms with van der Waals surface area (Å²) in [5.41, 5.74) is 0.202. The lowest BCUT2D eigenvalue weighted by Crippen LogP contribution is -2.42. The number of piperidine rings is 1. The molecule has 2 fully saturated rings. The van der Waals surface area contributed by atoms with Crippen LogP contribution in [0, 0.1) is 5.92 Å². The SMILES string of the molecule is COc1ccc(C(=O)N2CCC[C@H](C(=O)O)C2)cc1S(=O)(=O)NC1CC1. The topological polar surface area (TPSA) is 113 Å². The van der Waals surface area contributed by atoms with Gasteiger partial charge in [0.1, 0.15) is 10.6 Å². The number of hydrogen-bond acceptors (Lipinski definition) is 5. The highest BCUT2D eigenvalue weighted by Gasteiger charge is 2.32. The Kier molecular flexibility index (Phi) is 5.19. The second-order valence-electron chi connectivity index (χ2n) is 6.69. The molecule has 0 aromatic heterocycles. The maximum Gasteiger partial charge on any atom is 0.308 e. The van der Waals surface area contributed by atoms with E-state index in [9.17, 15) is 23.1 Å². The third kappa shape index (κ3) is 3.99. The second-order valence-corrected chi connectivity index (χ2v) is 8.37. The number of sulfonamides is 1. The van der Waals surface area contributed by atoms with Crippen LogP contribution in [0.5, 0.6) is 5.75 Å². The molecule has 1 aromatic carbocycles. The summed E-state index contributed by atoms with van der Waals surface area (Å²) in [4.78, 5) is 25.3. The van der Waals surface area contributed by atoms with Gasteiger partial charge in [-0.2, -0.15) is 0 Å². The number of rotatable bonds is 6. The lowest BCUT2D eigenvalue weighted by atomic mass is 9.97. The zero-order valence-corrected chi connectivity index (χ0v) is 15.3. The van der Waals surface area contributed by atoms with Gasteiger partial charge in [-0.3, -0.25) is 9.59 Å². The number of likely N-dealkylation sites (tertiary alicyclic amines) is 1. The Labute approximate surface area is 152 Å². The number of carbonyl (C=O) groups is 2. The van der Waals surface area contributed by atoms with Crippen LogP contribution in [0.2, 0.25) is 0 Å². The zero-order valence-electron chi connectivity index (χ0n) is 14.5. The Bertz CT molecular complexity index is 819. The Morgan fingerprint density at radius 1 is 1.27 bits per heavy atom. The molecule has 2 aliphatic rings. The molecule has 1 amide bonds. The predicted molar refractivity (Wildman–Crippen MR) is 92.6 cm³/mol. The first-order chi connectivity index (χ1) is 12.3. The molecule has 1 saturated carbocycles. The Morgan fingerprint density at radius 2 is 2.00 bits per heavy atom. The van der Waals surface area contributed by atoms with Crippen molar-refractivity contribution < 1.29 is 27.9 Å². The average molecular weight is 382 g/mol. The van der Waals surface area contributed by atoms with Crippen LogP contribution in [0.3, 0.4) is 0 Å². The Morgan fingerprint density at radius 3 is 2.62 bits per heavy atom. The van der Waals surface area contributed by atoms with Gasteiger partial charge >= 0.3 is 5.97 Å². The average Bonchev–Trinajstić information content (AvgIpc) is 3.44. The summed E-state index contributed by atoms with van der Waals surface area (Å²) in [7, 11) is -2.42. The molecule has 1 saturated heterocycles.